The molecule has 0 N–H and O–H groups in total. The van der Waals surface area contributed by atoms with Crippen LogP contribution < -0.4 is 0 Å². The van der Waals surface area contributed by atoms with Crippen LogP contribution in [0.5, 0.6) is 0 Å². The average molecular weight is 529 g/mol. The van der Waals surface area contributed by atoms with Gasteiger partial charge in [0.25, 0.3) is 0 Å². The third-order valence-corrected chi connectivity index (χ3v) is 8.21. The molecule has 2 heterocycles. The Balaban J connectivity index is 0.000000460. The van der Waals surface area contributed by atoms with Crippen molar-refractivity contribution in [1.82, 2.24) is 0 Å². The van der Waals surface area contributed by atoms with E-state index < -0.39 is 16.1 Å². The topological polar surface area (TPSA) is 18.5 Å². The third kappa shape index (κ3) is 14.7. The van der Waals surface area contributed by atoms with E-state index in [0.717, 1.165) is 26.4 Å². The molecule has 8 radical (unpaired) electrons. The zero-order chi connectivity index (χ0) is 18.6. The maximum Gasteiger partial charge on any atom is 0.0580 e. The molecule has 3 rings (SSSR count). The quantitative estimate of drug-likeness (QED) is 0.453. The minimum Gasteiger partial charge on any atom is -0.381 e. The van der Waals surface area contributed by atoms with Crippen molar-refractivity contribution >= 4 is 16.1 Å². The van der Waals surface area contributed by atoms with Gasteiger partial charge in [-0.2, -0.15) is 0 Å². The second-order valence-corrected chi connectivity index (χ2v) is 17.8. The fraction of sp³-hybridized carbons (Fsp3) is 0.619. The van der Waals surface area contributed by atoms with Crippen LogP contribution in [0.2, 0.25) is 32.7 Å². The van der Waals surface area contributed by atoms with Crippen LogP contribution in [-0.4, -0.2) is 42.6 Å². The molecule has 0 amide bonds. The van der Waals surface area contributed by atoms with Crippen molar-refractivity contribution in [2.75, 3.05) is 26.4 Å². The van der Waals surface area contributed by atoms with Crippen LogP contribution in [0.25, 0.3) is 0 Å². The van der Waals surface area contributed by atoms with Crippen LogP contribution >= 0.6 is 0 Å². The number of rotatable bonds is 5. The van der Waals surface area contributed by atoms with Crippen molar-refractivity contribution in [3.05, 3.63) is 49.7 Å². The summed E-state index contributed by atoms with van der Waals surface area (Å²) in [5.41, 5.74) is 1.53. The van der Waals surface area contributed by atoms with Crippen LogP contribution in [-0.2, 0) is 9.47 Å². The molecule has 2 nitrogen and oxygen atoms in total. The summed E-state index contributed by atoms with van der Waals surface area (Å²) in [7, 11) is -2.35. The molecule has 0 bridgehead atoms. The van der Waals surface area contributed by atoms with Gasteiger partial charge in [-0.1, -0.05) is 32.7 Å². The van der Waals surface area contributed by atoms with E-state index in [1.54, 1.807) is 0 Å². The summed E-state index contributed by atoms with van der Waals surface area (Å²) in [6, 6.07) is 4.87. The van der Waals surface area contributed by atoms with Crippen LogP contribution in [0.4, 0.5) is 0 Å². The zero-order valence-corrected chi connectivity index (χ0v) is 22.0. The number of hydrogen-bond donors (Lipinski definition) is 0. The van der Waals surface area contributed by atoms with E-state index in [0.29, 0.717) is 0 Å². The van der Waals surface area contributed by atoms with E-state index in [1.807, 2.05) is 0 Å². The maximum absolute atomic E-state index is 4.94. The summed E-state index contributed by atoms with van der Waals surface area (Å²) in [5, 5.41) is 0. The van der Waals surface area contributed by atoms with Gasteiger partial charge in [0.1, 0.15) is 0 Å². The molecule has 26 heavy (non-hydrogen) atoms. The summed E-state index contributed by atoms with van der Waals surface area (Å²) in [6.07, 6.45) is 16.2. The second-order valence-electron chi connectivity index (χ2n) is 8.43. The molecule has 5 heteroatoms. The molecule has 0 spiro atoms. The van der Waals surface area contributed by atoms with E-state index in [4.69, 9.17) is 9.47 Å². The van der Waals surface area contributed by atoms with Crippen LogP contribution in [0, 0.1) is 90.1 Å². The van der Waals surface area contributed by atoms with Gasteiger partial charge in [0, 0.05) is 74.9 Å². The molecule has 2 aliphatic heterocycles. The molecule has 148 valence electrons. The predicted octanol–water partition coefficient (Wildman–Crippen LogP) is 5.26. The maximum atomic E-state index is 4.94. The van der Waals surface area contributed by atoms with E-state index >= 15 is 0 Å². The van der Waals surface area contributed by atoms with Gasteiger partial charge in [0.15, 0.2) is 0 Å². The van der Waals surface area contributed by atoms with Crippen molar-refractivity contribution < 1.29 is 49.9 Å². The summed E-state index contributed by atoms with van der Waals surface area (Å²) >= 11 is 0. The second kappa shape index (κ2) is 15.5. The van der Waals surface area contributed by atoms with E-state index in [2.05, 4.69) is 76.9 Å². The Hall–Kier alpha value is 1.69. The Morgan fingerprint density at radius 3 is 1.46 bits per heavy atom. The Kier molecular flexibility index (Phi) is 16.5. The molecule has 1 saturated carbocycles. The summed E-state index contributed by atoms with van der Waals surface area (Å²) in [4.78, 5) is 0. The molecule has 0 atom stereocenters. The zero-order valence-electron chi connectivity index (χ0n) is 17.4. The fourth-order valence-electron chi connectivity index (χ4n) is 2.50. The predicted molar refractivity (Wildman–Crippen MR) is 114 cm³/mol. The Morgan fingerprint density at radius 1 is 0.731 bits per heavy atom. The Morgan fingerprint density at radius 2 is 1.15 bits per heavy atom. The molecule has 0 unspecified atom stereocenters. The molecular weight excluding hydrogens is 491 g/mol. The molecule has 0 aromatic heterocycles. The van der Waals surface area contributed by atoms with E-state index in [-0.39, 0.29) is 40.4 Å². The van der Waals surface area contributed by atoms with E-state index in [9.17, 15) is 0 Å². The van der Waals surface area contributed by atoms with Crippen LogP contribution in [0.1, 0.15) is 25.7 Å². The summed E-state index contributed by atoms with van der Waals surface area (Å²) in [5.74, 6) is 0. The van der Waals surface area contributed by atoms with Crippen molar-refractivity contribution in [2.24, 2.45) is 0 Å². The molecule has 2 saturated heterocycles. The molecule has 1 aliphatic carbocycles. The number of hydrogen-bond acceptors (Lipinski definition) is 2. The normalized spacial score (nSPS) is 20.7. The Labute approximate surface area is 199 Å². The SMILES string of the molecule is C1CCOC1.C1CCOC1.C[Si](C)(C)[CH][CH][CH][Si](C)(C)[C]1[CH][CH][CH][CH]1.[Sm]. The number of ether oxygens (including phenoxy) is 2. The van der Waals surface area contributed by atoms with Gasteiger partial charge in [0.05, 0.1) is 8.07 Å². The monoisotopic (exact) mass is 530 g/mol. The minimum atomic E-state index is -1.32. The first-order chi connectivity index (χ1) is 11.8. The van der Waals surface area contributed by atoms with E-state index in [1.165, 1.54) is 31.2 Å². The summed E-state index contributed by atoms with van der Waals surface area (Å²) < 4.78 is 9.89. The van der Waals surface area contributed by atoms with Gasteiger partial charge < -0.3 is 9.47 Å². The van der Waals surface area contributed by atoms with Crippen LogP contribution in [0.3, 0.4) is 0 Å². The van der Waals surface area contributed by atoms with Crippen molar-refractivity contribution in [3.8, 4) is 0 Å². The first kappa shape index (κ1) is 27.7. The largest absolute Gasteiger partial charge is 0.381 e. The van der Waals surface area contributed by atoms with Crippen molar-refractivity contribution in [2.45, 2.75) is 58.4 Å². The minimum absolute atomic E-state index is 0. The fourth-order valence-corrected chi connectivity index (χ4v) is 5.19. The standard InChI is InChI=1S/C13H22Si2.2C4H8O.Sm/c1-14(2,3)11-8-12-15(4,5)13-9-6-7-10-13;2*1-2-4-5-3-1;/h6-12H,1-5H3;2*1-4H2;. The third-order valence-electron chi connectivity index (χ3n) is 4.17. The van der Waals surface area contributed by atoms with Crippen molar-refractivity contribution in [1.29, 1.82) is 0 Å². The van der Waals surface area contributed by atoms with Crippen LogP contribution in [0.15, 0.2) is 0 Å². The average Bonchev–Trinajstić information content (AvgIpc) is 3.31. The smallest absolute Gasteiger partial charge is 0.0580 e. The molecule has 0 aromatic rings. The van der Waals surface area contributed by atoms with Gasteiger partial charge in [0.2, 0.25) is 0 Å². The molecular formula is C21H38O2Si2Sm. The van der Waals surface area contributed by atoms with Crippen molar-refractivity contribution in [3.63, 3.8) is 0 Å². The van der Waals surface area contributed by atoms with Gasteiger partial charge in [-0.25, -0.2) is 0 Å². The molecule has 0 aromatic carbocycles. The first-order valence-electron chi connectivity index (χ1n) is 9.73. The van der Waals surface area contributed by atoms with Gasteiger partial charge in [-0.15, -0.1) is 0 Å². The van der Waals surface area contributed by atoms with Gasteiger partial charge in [-0.3, -0.25) is 0 Å². The Bertz CT molecular complexity index is 293. The molecule has 3 fully saturated rings. The first-order valence-corrected chi connectivity index (χ1v) is 16.4. The summed E-state index contributed by atoms with van der Waals surface area (Å²) in [6.45, 7) is 15.9. The van der Waals surface area contributed by atoms with Gasteiger partial charge >= 0.3 is 0 Å². The molecule has 3 aliphatic rings. The van der Waals surface area contributed by atoms with Gasteiger partial charge in [-0.05, 0) is 75.4 Å².